The van der Waals surface area contributed by atoms with Crippen LogP contribution in [0.2, 0.25) is 0 Å². The number of carbonyl (C=O) groups excluding carboxylic acids is 4. The zero-order chi connectivity index (χ0) is 28.2. The number of rotatable bonds is 2. The number of hydrogen-bond donors (Lipinski definition) is 1. The van der Waals surface area contributed by atoms with Gasteiger partial charge in [0.15, 0.2) is 9.75 Å². The molecule has 6 atom stereocenters. The molecule has 6 unspecified atom stereocenters. The van der Waals surface area contributed by atoms with E-state index in [2.05, 4.69) is 15.9 Å². The Kier molecular flexibility index (Phi) is 5.87. The molecule has 2 aromatic carbocycles. The summed E-state index contributed by atoms with van der Waals surface area (Å²) in [4.78, 5) is 53.4. The highest BCUT2D eigenvalue weighted by atomic mass is 79.9. The Balaban J connectivity index is 1.60. The maximum Gasteiger partial charge on any atom is 0.254 e. The van der Waals surface area contributed by atoms with E-state index in [0.29, 0.717) is 16.5 Å². The van der Waals surface area contributed by atoms with Crippen molar-refractivity contribution < 1.29 is 24.3 Å². The molecular formula is C29H27BrCl2N2O5. The molecule has 0 radical (unpaired) electrons. The summed E-state index contributed by atoms with van der Waals surface area (Å²) in [6.45, 7) is 5.43. The van der Waals surface area contributed by atoms with Gasteiger partial charge in [-0.2, -0.15) is 0 Å². The topological polar surface area (TPSA) is 95.0 Å². The summed E-state index contributed by atoms with van der Waals surface area (Å²) in [5, 5.41) is 12.9. The number of fused-ring (bicyclic) bond motifs is 5. The molecule has 2 aromatic rings. The highest BCUT2D eigenvalue weighted by Crippen LogP contribution is 2.66. The summed E-state index contributed by atoms with van der Waals surface area (Å²) in [5.74, 6) is -4.93. The lowest BCUT2D eigenvalue weighted by atomic mass is 9.56. The molecule has 39 heavy (non-hydrogen) atoms. The number of nitrogens with zero attached hydrogens (tertiary/aromatic N) is 2. The van der Waals surface area contributed by atoms with E-state index in [1.807, 2.05) is 45.0 Å². The number of allylic oxidation sites excluding steroid dienone is 2. The summed E-state index contributed by atoms with van der Waals surface area (Å²) in [6.07, 6.45) is 2.07. The zero-order valence-electron chi connectivity index (χ0n) is 21.6. The van der Waals surface area contributed by atoms with Crippen molar-refractivity contribution in [2.75, 3.05) is 5.45 Å². The number of aromatic hydroxyl groups is 1. The Labute approximate surface area is 244 Å². The second-order valence-corrected chi connectivity index (χ2v) is 13.6. The summed E-state index contributed by atoms with van der Waals surface area (Å²) < 4.78 is 0. The van der Waals surface area contributed by atoms with Crippen molar-refractivity contribution in [1.82, 2.24) is 9.80 Å². The molecule has 2 aliphatic carbocycles. The molecule has 0 aromatic heterocycles. The summed E-state index contributed by atoms with van der Waals surface area (Å²) in [7, 11) is 0. The Hall–Kier alpha value is -2.42. The van der Waals surface area contributed by atoms with E-state index < -0.39 is 50.8 Å². The number of imide groups is 2. The number of halogens is 3. The standard InChI is InChI=1S/C29H27BrCl2N2O5/c1-27(2,3)34-23(36)17-11-10-16-19(20(17)24(34)37)12-28(31)25(38)33(13-30)26(39)29(28,32)21(16)18-9-8-14-6-4-5-7-15(14)22(18)35/h4-10,17,19-21,35H,11-13H2,1-3H3. The van der Waals surface area contributed by atoms with Crippen LogP contribution in [0.5, 0.6) is 5.75 Å². The normalized spacial score (nSPS) is 34.4. The van der Waals surface area contributed by atoms with Gasteiger partial charge in [0.25, 0.3) is 11.8 Å². The quantitative estimate of drug-likeness (QED) is 0.216. The maximum absolute atomic E-state index is 13.9. The van der Waals surface area contributed by atoms with Gasteiger partial charge in [0.2, 0.25) is 11.8 Å². The minimum Gasteiger partial charge on any atom is -0.507 e. The van der Waals surface area contributed by atoms with Gasteiger partial charge in [-0.1, -0.05) is 64.0 Å². The number of alkyl halides is 3. The highest BCUT2D eigenvalue weighted by molar-refractivity contribution is 9.09. The average molecular weight is 634 g/mol. The van der Waals surface area contributed by atoms with Crippen LogP contribution in [0.1, 0.15) is 45.1 Å². The zero-order valence-corrected chi connectivity index (χ0v) is 24.7. The van der Waals surface area contributed by atoms with Crippen molar-refractivity contribution in [3.63, 3.8) is 0 Å². The molecule has 3 fully saturated rings. The highest BCUT2D eigenvalue weighted by Gasteiger charge is 2.76. The lowest BCUT2D eigenvalue weighted by molar-refractivity contribution is -0.146. The van der Waals surface area contributed by atoms with E-state index in [4.69, 9.17) is 23.2 Å². The SMILES string of the molecule is CC(C)(C)N1C(=O)C2CC=C3C(CC4(Cl)C(=O)N(CBr)C(=O)C4(Cl)C3c3ccc4ccccc4c3O)C2C1=O. The Morgan fingerprint density at radius 1 is 1.00 bits per heavy atom. The molecule has 0 spiro atoms. The molecule has 1 N–H and O–H groups in total. The van der Waals surface area contributed by atoms with Gasteiger partial charge in [-0.3, -0.25) is 29.0 Å². The molecule has 4 aliphatic rings. The molecule has 6 rings (SSSR count). The number of benzene rings is 2. The molecule has 4 amide bonds. The van der Waals surface area contributed by atoms with Crippen molar-refractivity contribution in [2.45, 2.75) is 54.8 Å². The number of amides is 4. The molecule has 204 valence electrons. The first-order valence-electron chi connectivity index (χ1n) is 12.9. The number of hydrogen-bond acceptors (Lipinski definition) is 5. The van der Waals surface area contributed by atoms with E-state index in [-0.39, 0.29) is 35.9 Å². The van der Waals surface area contributed by atoms with Crippen LogP contribution >= 0.6 is 39.1 Å². The van der Waals surface area contributed by atoms with Crippen molar-refractivity contribution in [3.05, 3.63) is 53.6 Å². The second kappa shape index (κ2) is 8.54. The number of phenols is 1. The molecular weight excluding hydrogens is 607 g/mol. The van der Waals surface area contributed by atoms with Crippen LogP contribution in [0, 0.1) is 17.8 Å². The molecule has 2 heterocycles. The lowest BCUT2D eigenvalue weighted by Gasteiger charge is -2.50. The summed E-state index contributed by atoms with van der Waals surface area (Å²) in [5.41, 5.74) is 0.180. The van der Waals surface area contributed by atoms with E-state index in [1.165, 1.54) is 4.90 Å². The molecule has 7 nitrogen and oxygen atoms in total. The molecule has 2 aliphatic heterocycles. The minimum absolute atomic E-state index is 0.0662. The fourth-order valence-corrected chi connectivity index (χ4v) is 8.68. The van der Waals surface area contributed by atoms with Gasteiger partial charge < -0.3 is 5.11 Å². The van der Waals surface area contributed by atoms with E-state index in [1.54, 1.807) is 18.2 Å². The second-order valence-electron chi connectivity index (χ2n) is 11.9. The monoisotopic (exact) mass is 632 g/mol. The van der Waals surface area contributed by atoms with Gasteiger partial charge in [-0.15, -0.1) is 23.2 Å². The molecule has 1 saturated carbocycles. The smallest absolute Gasteiger partial charge is 0.254 e. The summed E-state index contributed by atoms with van der Waals surface area (Å²) in [6, 6.07) is 10.8. The van der Waals surface area contributed by atoms with Crippen molar-refractivity contribution in [2.24, 2.45) is 17.8 Å². The van der Waals surface area contributed by atoms with Crippen LogP contribution in [-0.4, -0.2) is 59.3 Å². The fraction of sp³-hybridized carbons (Fsp3) is 0.448. The summed E-state index contributed by atoms with van der Waals surface area (Å²) >= 11 is 17.7. The van der Waals surface area contributed by atoms with Crippen LogP contribution < -0.4 is 0 Å². The first-order valence-corrected chi connectivity index (χ1v) is 14.8. The van der Waals surface area contributed by atoms with Crippen molar-refractivity contribution >= 4 is 73.5 Å². The third-order valence-electron chi connectivity index (χ3n) is 8.93. The van der Waals surface area contributed by atoms with Crippen LogP contribution in [0.4, 0.5) is 0 Å². The Morgan fingerprint density at radius 2 is 1.69 bits per heavy atom. The van der Waals surface area contributed by atoms with Gasteiger partial charge in [-0.25, -0.2) is 0 Å². The number of likely N-dealkylation sites (tertiary alicyclic amines) is 2. The third kappa shape index (κ3) is 3.28. The largest absolute Gasteiger partial charge is 0.507 e. The predicted molar refractivity (Wildman–Crippen MR) is 151 cm³/mol. The maximum atomic E-state index is 13.9. The number of phenolic OH excluding ortho intramolecular Hbond substituents is 1. The predicted octanol–water partition coefficient (Wildman–Crippen LogP) is 5.06. The fourth-order valence-electron chi connectivity index (χ4n) is 7.26. The molecule has 2 saturated heterocycles. The van der Waals surface area contributed by atoms with Crippen LogP contribution in [0.3, 0.4) is 0 Å². The average Bonchev–Trinajstić information content (AvgIpc) is 3.23. The van der Waals surface area contributed by atoms with Gasteiger partial charge in [-0.05, 0) is 44.9 Å². The Morgan fingerprint density at radius 3 is 2.36 bits per heavy atom. The van der Waals surface area contributed by atoms with Crippen molar-refractivity contribution in [1.29, 1.82) is 0 Å². The third-order valence-corrected chi connectivity index (χ3v) is 10.8. The van der Waals surface area contributed by atoms with Gasteiger partial charge in [0, 0.05) is 22.4 Å². The lowest BCUT2D eigenvalue weighted by Crippen LogP contribution is -2.60. The van der Waals surface area contributed by atoms with E-state index in [0.717, 1.165) is 10.3 Å². The van der Waals surface area contributed by atoms with Crippen LogP contribution in [-0.2, 0) is 19.2 Å². The van der Waals surface area contributed by atoms with Crippen LogP contribution in [0.15, 0.2) is 48.0 Å². The van der Waals surface area contributed by atoms with Gasteiger partial charge in [0.1, 0.15) is 5.75 Å². The first kappa shape index (κ1) is 26.8. The van der Waals surface area contributed by atoms with Gasteiger partial charge in [0.05, 0.1) is 17.3 Å². The molecule has 0 bridgehead atoms. The van der Waals surface area contributed by atoms with Gasteiger partial charge >= 0.3 is 0 Å². The number of carbonyl (C=O) groups is 4. The minimum atomic E-state index is -1.95. The molecule has 10 heteroatoms. The Bertz CT molecular complexity index is 1520. The van der Waals surface area contributed by atoms with Crippen LogP contribution in [0.25, 0.3) is 10.8 Å². The van der Waals surface area contributed by atoms with E-state index >= 15 is 0 Å². The first-order chi connectivity index (χ1) is 18.3. The van der Waals surface area contributed by atoms with E-state index in [9.17, 15) is 24.3 Å². The van der Waals surface area contributed by atoms with Crippen molar-refractivity contribution in [3.8, 4) is 5.75 Å².